The summed E-state index contributed by atoms with van der Waals surface area (Å²) in [6.45, 7) is 9.62. The van der Waals surface area contributed by atoms with E-state index in [1.165, 1.54) is 11.1 Å². The Balaban J connectivity index is 1.18. The van der Waals surface area contributed by atoms with E-state index in [9.17, 15) is 17.4 Å². The predicted octanol–water partition coefficient (Wildman–Crippen LogP) is 4.98. The third-order valence-corrected chi connectivity index (χ3v) is 18.2. The fraction of sp³-hybridized carbons (Fsp3) is 0.619. The highest BCUT2D eigenvalue weighted by Gasteiger charge is 2.50. The molecule has 6 aliphatic rings. The normalized spacial score (nSPS) is 37.3. The molecule has 2 aromatic carbocycles. The molecule has 2 saturated heterocycles. The minimum Gasteiger partial charge on any atom is -0.490 e. The molecule has 2 aromatic rings. The summed E-state index contributed by atoms with van der Waals surface area (Å²) < 4.78 is 55.7. The maximum absolute atomic E-state index is 14.1. The smallest absolute Gasteiger partial charge is 0.262 e. The first-order valence-corrected chi connectivity index (χ1v) is 24.1. The molecule has 10 nitrogen and oxygen atoms in total. The van der Waals surface area contributed by atoms with Crippen molar-refractivity contribution in [3.05, 3.63) is 70.3 Å². The lowest BCUT2D eigenvalue weighted by Gasteiger charge is -2.53. The number of ether oxygens (including phenoxy) is 2. The number of amides is 1. The first-order valence-electron chi connectivity index (χ1n) is 20.1. The van der Waals surface area contributed by atoms with Gasteiger partial charge in [0, 0.05) is 80.2 Å². The Morgan fingerprint density at radius 1 is 1.07 bits per heavy atom. The standard InChI is InChI=1S/C42H57ClN4O6S2/c1-29-7-5-16-42(52-3,27-45-17-18-46-19-20-55(50,51)25-35(46)24-45)37-12-9-33(37)23-47-26-41(15-6-8-31-21-34(43)11-13-36(31)41)28-53-39-14-10-32(22-38(39)47)40(48)44-54(4,49)30(29)2/h5,10-11,13-14,16,21-22,29-30,33,35,37H,4,6-9,12,15,17-20,23-28H2,1-3H3,(H,44,48,49)/b16-5+/t29-,30+,33-,35+,37+,41-,42+,54?/m0/s1. The van der Waals surface area contributed by atoms with Gasteiger partial charge in [-0.3, -0.25) is 19.3 Å². The van der Waals surface area contributed by atoms with E-state index in [4.69, 9.17) is 21.1 Å². The zero-order chi connectivity index (χ0) is 38.8. The van der Waals surface area contributed by atoms with Gasteiger partial charge in [-0.25, -0.2) is 12.6 Å². The number of hydrogen-bond donors (Lipinski definition) is 1. The number of anilines is 1. The van der Waals surface area contributed by atoms with E-state index in [1.807, 2.05) is 32.2 Å². The Morgan fingerprint density at radius 2 is 1.91 bits per heavy atom. The Hall–Kier alpha value is -2.61. The van der Waals surface area contributed by atoms with Gasteiger partial charge in [-0.2, -0.15) is 0 Å². The van der Waals surface area contributed by atoms with E-state index in [0.717, 1.165) is 74.7 Å². The fourth-order valence-electron chi connectivity index (χ4n) is 10.4. The number of piperazine rings is 1. The van der Waals surface area contributed by atoms with Gasteiger partial charge in [0.1, 0.15) is 11.4 Å². The highest BCUT2D eigenvalue weighted by Crippen LogP contribution is 2.49. The van der Waals surface area contributed by atoms with E-state index in [1.54, 1.807) is 6.07 Å². The third kappa shape index (κ3) is 7.60. The molecular weight excluding hydrogens is 756 g/mol. The van der Waals surface area contributed by atoms with Crippen molar-refractivity contribution in [2.75, 3.05) is 75.9 Å². The van der Waals surface area contributed by atoms with E-state index in [0.29, 0.717) is 38.2 Å². The number of sulfone groups is 1. The number of carbonyl (C=O) groups is 1. The van der Waals surface area contributed by atoms with E-state index in [-0.39, 0.29) is 46.0 Å². The minimum atomic E-state index is -3.06. The van der Waals surface area contributed by atoms with E-state index >= 15 is 0 Å². The number of methoxy groups -OCH3 is 1. The van der Waals surface area contributed by atoms with Crippen molar-refractivity contribution in [1.29, 1.82) is 0 Å². The van der Waals surface area contributed by atoms with Gasteiger partial charge in [0.2, 0.25) is 0 Å². The lowest BCUT2D eigenvalue weighted by molar-refractivity contribution is -0.0981. The molecule has 55 heavy (non-hydrogen) atoms. The summed E-state index contributed by atoms with van der Waals surface area (Å²) in [4.78, 5) is 21.1. The van der Waals surface area contributed by atoms with Crippen LogP contribution in [0.25, 0.3) is 0 Å². The van der Waals surface area contributed by atoms with Gasteiger partial charge >= 0.3 is 0 Å². The van der Waals surface area contributed by atoms with Crippen molar-refractivity contribution in [2.24, 2.45) is 17.8 Å². The Labute approximate surface area is 333 Å². The summed E-state index contributed by atoms with van der Waals surface area (Å²) in [6, 6.07) is 11.9. The molecule has 4 heterocycles. The molecule has 4 aliphatic heterocycles. The average molecular weight is 814 g/mol. The minimum absolute atomic E-state index is 0.0118. The molecule has 8 rings (SSSR count). The third-order valence-electron chi connectivity index (χ3n) is 14.1. The average Bonchev–Trinajstić information content (AvgIpc) is 3.28. The number of nitrogens with zero attached hydrogens (tertiary/aromatic N) is 3. The molecular formula is C42H57ClN4O6S2. The Morgan fingerprint density at radius 3 is 2.69 bits per heavy atom. The van der Waals surface area contributed by atoms with Crippen LogP contribution in [0, 0.1) is 17.8 Å². The van der Waals surface area contributed by atoms with Gasteiger partial charge in [0.05, 0.1) is 33.5 Å². The Bertz CT molecular complexity index is 2060. The van der Waals surface area contributed by atoms with Crippen LogP contribution in [0.5, 0.6) is 5.75 Å². The van der Waals surface area contributed by atoms with Crippen LogP contribution in [-0.4, -0.2) is 122 Å². The van der Waals surface area contributed by atoms with E-state index < -0.39 is 31.1 Å². The van der Waals surface area contributed by atoms with Crippen LogP contribution in [0.15, 0.2) is 48.6 Å². The molecule has 1 spiro atoms. The summed E-state index contributed by atoms with van der Waals surface area (Å²) in [6.07, 6.45) is 10.1. The monoisotopic (exact) mass is 812 g/mol. The van der Waals surface area contributed by atoms with Crippen LogP contribution in [0.2, 0.25) is 5.02 Å². The van der Waals surface area contributed by atoms with Gasteiger partial charge in [0.25, 0.3) is 5.91 Å². The second-order valence-corrected chi connectivity index (χ2v) is 22.5. The molecule has 1 amide bonds. The lowest BCUT2D eigenvalue weighted by atomic mass is 9.63. The summed E-state index contributed by atoms with van der Waals surface area (Å²) in [5.74, 6) is 5.31. The molecule has 2 bridgehead atoms. The molecule has 0 aromatic heterocycles. The highest BCUT2D eigenvalue weighted by atomic mass is 35.5. The molecule has 2 aliphatic carbocycles. The summed E-state index contributed by atoms with van der Waals surface area (Å²) >= 11 is 6.52. The van der Waals surface area contributed by atoms with Crippen molar-refractivity contribution < 1.29 is 26.9 Å². The quantitative estimate of drug-likeness (QED) is 0.339. The number of halogens is 1. The van der Waals surface area contributed by atoms with Crippen LogP contribution in [0.3, 0.4) is 0 Å². The first-order chi connectivity index (χ1) is 26.2. The summed E-state index contributed by atoms with van der Waals surface area (Å²) in [5, 5.41) is 0.358. The number of fused-ring (bicyclic) bond motifs is 5. The van der Waals surface area contributed by atoms with Crippen molar-refractivity contribution in [1.82, 2.24) is 14.5 Å². The van der Waals surface area contributed by atoms with Crippen LogP contribution < -0.4 is 14.4 Å². The maximum Gasteiger partial charge on any atom is 0.262 e. The number of carbonyl (C=O) groups excluding carboxylic acids is 1. The van der Waals surface area contributed by atoms with Gasteiger partial charge < -0.3 is 14.4 Å². The molecule has 300 valence electrons. The number of benzene rings is 2. The highest BCUT2D eigenvalue weighted by molar-refractivity contribution is 7.99. The second-order valence-electron chi connectivity index (χ2n) is 17.4. The Kier molecular flexibility index (Phi) is 10.7. The molecule has 1 N–H and O–H groups in total. The van der Waals surface area contributed by atoms with Crippen molar-refractivity contribution in [3.63, 3.8) is 0 Å². The maximum atomic E-state index is 14.1. The number of rotatable bonds is 3. The SMILES string of the molecule is C=S1(=O)NC(=O)c2ccc3c(c2)N(C[C@@H]2CC[C@H]2[C@@](CN2CCN4CCS(=O)(=O)C[C@H]4C2)(OC)/C=C/C[C@H](C)[C@H]1C)C[C@@]1(CCCc2cc(Cl)ccc21)CO3. The molecule has 1 saturated carbocycles. The lowest BCUT2D eigenvalue weighted by Crippen LogP contribution is -2.63. The zero-order valence-electron chi connectivity index (χ0n) is 32.5. The topological polar surface area (TPSA) is 108 Å². The summed E-state index contributed by atoms with van der Waals surface area (Å²) in [5.41, 5.74) is 2.97. The second kappa shape index (κ2) is 15.0. The van der Waals surface area contributed by atoms with Gasteiger partial charge in [-0.15, -0.1) is 0 Å². The van der Waals surface area contributed by atoms with Gasteiger partial charge in [-0.05, 0) is 111 Å². The number of allylic oxidation sites excluding steroid dienone is 1. The molecule has 13 heteroatoms. The van der Waals surface area contributed by atoms with Crippen molar-refractivity contribution in [2.45, 2.75) is 74.7 Å². The van der Waals surface area contributed by atoms with E-state index in [2.05, 4.69) is 56.5 Å². The zero-order valence-corrected chi connectivity index (χ0v) is 34.9. The number of hydrogen-bond acceptors (Lipinski definition) is 9. The fourth-order valence-corrected chi connectivity index (χ4v) is 13.7. The number of nitrogens with one attached hydrogen (secondary N) is 1. The number of aryl methyl sites for hydroxylation is 1. The van der Waals surface area contributed by atoms with Crippen LogP contribution in [-0.2, 0) is 36.1 Å². The van der Waals surface area contributed by atoms with Crippen LogP contribution in [0.4, 0.5) is 5.69 Å². The van der Waals surface area contributed by atoms with Gasteiger partial charge in [-0.1, -0.05) is 36.7 Å². The predicted molar refractivity (Wildman–Crippen MR) is 222 cm³/mol. The molecule has 3 fully saturated rings. The molecule has 8 atom stereocenters. The van der Waals surface area contributed by atoms with Crippen LogP contribution in [0.1, 0.15) is 67.4 Å². The first kappa shape index (κ1) is 39.2. The van der Waals surface area contributed by atoms with Crippen molar-refractivity contribution in [3.8, 4) is 5.75 Å². The molecule has 0 radical (unpaired) electrons. The van der Waals surface area contributed by atoms with Crippen LogP contribution >= 0.6 is 11.6 Å². The summed E-state index contributed by atoms with van der Waals surface area (Å²) in [7, 11) is -4.24. The largest absolute Gasteiger partial charge is 0.490 e. The van der Waals surface area contributed by atoms with Crippen molar-refractivity contribution >= 4 is 48.6 Å². The van der Waals surface area contributed by atoms with Gasteiger partial charge in [0.15, 0.2) is 9.84 Å². The molecule has 1 unspecified atom stereocenters.